The molecule has 150 valence electrons. The summed E-state index contributed by atoms with van der Waals surface area (Å²) in [7, 11) is 0. The summed E-state index contributed by atoms with van der Waals surface area (Å²) in [5.41, 5.74) is 9.43. The fourth-order valence-corrected chi connectivity index (χ4v) is 2.85. The number of carbonyl (C=O) groups excluding carboxylic acids is 1. The summed E-state index contributed by atoms with van der Waals surface area (Å²) in [5, 5.41) is 3.71. The van der Waals surface area contributed by atoms with E-state index in [1.54, 1.807) is 18.5 Å². The van der Waals surface area contributed by atoms with Crippen molar-refractivity contribution < 1.29 is 9.21 Å². The highest BCUT2D eigenvalue weighted by atomic mass is 35.5. The molecule has 0 aliphatic heterocycles. The molecule has 0 spiro atoms. The van der Waals surface area contributed by atoms with Crippen LogP contribution < -0.4 is 16.7 Å². The summed E-state index contributed by atoms with van der Waals surface area (Å²) in [5.74, 6) is -0.232. The Bertz CT molecular complexity index is 1030. The number of hydrogen-bond acceptors (Lipinski definition) is 5. The van der Waals surface area contributed by atoms with E-state index >= 15 is 0 Å². The van der Waals surface area contributed by atoms with Crippen LogP contribution in [-0.2, 0) is 6.42 Å². The first kappa shape index (κ1) is 23.6. The summed E-state index contributed by atoms with van der Waals surface area (Å²) in [6, 6.07) is 6.86. The number of benzene rings is 1. The molecule has 8 heteroatoms. The number of anilines is 1. The maximum atomic E-state index is 12.6. The third-order valence-corrected chi connectivity index (χ3v) is 4.27. The summed E-state index contributed by atoms with van der Waals surface area (Å²) >= 11 is 0. The predicted molar refractivity (Wildman–Crippen MR) is 116 cm³/mol. The van der Waals surface area contributed by atoms with E-state index in [2.05, 4.69) is 10.3 Å². The van der Waals surface area contributed by atoms with Crippen molar-refractivity contribution in [3.05, 3.63) is 69.3 Å². The van der Waals surface area contributed by atoms with Crippen LogP contribution >= 0.6 is 24.8 Å². The number of nitrogens with zero attached hydrogens (tertiary/aromatic N) is 1. The lowest BCUT2D eigenvalue weighted by molar-refractivity contribution is 0.102. The second-order valence-electron chi connectivity index (χ2n) is 6.34. The van der Waals surface area contributed by atoms with Gasteiger partial charge in [0.15, 0.2) is 0 Å². The third kappa shape index (κ3) is 5.32. The SMILES string of the molecule is Cc1cc2oc(=O)cc(C)c2cc1NC(=O)c1cncc(CCCN)c1.Cl.Cl. The van der Waals surface area contributed by atoms with Gasteiger partial charge in [0.25, 0.3) is 5.91 Å². The molecule has 0 aliphatic rings. The number of halogens is 2. The molecule has 2 aromatic heterocycles. The highest BCUT2D eigenvalue weighted by Crippen LogP contribution is 2.25. The van der Waals surface area contributed by atoms with E-state index in [-0.39, 0.29) is 36.3 Å². The van der Waals surface area contributed by atoms with Crippen molar-refractivity contribution in [2.24, 2.45) is 5.73 Å². The van der Waals surface area contributed by atoms with Gasteiger partial charge < -0.3 is 15.5 Å². The van der Waals surface area contributed by atoms with E-state index in [4.69, 9.17) is 10.2 Å². The first-order chi connectivity index (χ1) is 12.5. The number of nitrogens with one attached hydrogen (secondary N) is 1. The smallest absolute Gasteiger partial charge is 0.336 e. The van der Waals surface area contributed by atoms with Crippen LogP contribution in [0.1, 0.15) is 33.5 Å². The van der Waals surface area contributed by atoms with Crippen LogP contribution in [0.4, 0.5) is 5.69 Å². The minimum Gasteiger partial charge on any atom is -0.423 e. The van der Waals surface area contributed by atoms with Gasteiger partial charge >= 0.3 is 5.63 Å². The van der Waals surface area contributed by atoms with Crippen molar-refractivity contribution in [3.63, 3.8) is 0 Å². The molecule has 0 fully saturated rings. The molecule has 0 radical (unpaired) electrons. The van der Waals surface area contributed by atoms with Gasteiger partial charge in [-0.25, -0.2) is 4.79 Å². The van der Waals surface area contributed by atoms with Crippen LogP contribution in [0.25, 0.3) is 11.0 Å². The van der Waals surface area contributed by atoms with Crippen molar-refractivity contribution in [1.82, 2.24) is 4.98 Å². The minimum absolute atomic E-state index is 0. The van der Waals surface area contributed by atoms with Crippen LogP contribution in [0, 0.1) is 13.8 Å². The molecule has 3 aromatic rings. The Morgan fingerprint density at radius 3 is 2.57 bits per heavy atom. The monoisotopic (exact) mass is 423 g/mol. The van der Waals surface area contributed by atoms with Crippen LogP contribution in [0.3, 0.4) is 0 Å². The molecule has 0 saturated heterocycles. The summed E-state index contributed by atoms with van der Waals surface area (Å²) in [6.07, 6.45) is 4.93. The quantitative estimate of drug-likeness (QED) is 0.608. The molecular weight excluding hydrogens is 401 g/mol. The van der Waals surface area contributed by atoms with E-state index in [9.17, 15) is 9.59 Å². The molecule has 28 heavy (non-hydrogen) atoms. The molecule has 2 heterocycles. The number of aromatic nitrogens is 1. The normalized spacial score (nSPS) is 10.1. The Morgan fingerprint density at radius 1 is 1.11 bits per heavy atom. The second kappa shape index (κ2) is 10.2. The molecule has 6 nitrogen and oxygen atoms in total. The molecule has 0 saturated carbocycles. The number of hydrogen-bond donors (Lipinski definition) is 2. The van der Waals surface area contributed by atoms with Gasteiger partial charge in [-0.05, 0) is 68.1 Å². The summed E-state index contributed by atoms with van der Waals surface area (Å²) in [6.45, 7) is 4.29. The molecule has 3 N–H and O–H groups in total. The molecular formula is C20H23Cl2N3O3. The Labute approximate surface area is 175 Å². The molecule has 0 aliphatic carbocycles. The number of nitrogens with two attached hydrogens (primary N) is 1. The van der Waals surface area contributed by atoms with Gasteiger partial charge in [0, 0.05) is 29.5 Å². The van der Waals surface area contributed by atoms with Gasteiger partial charge in [0.1, 0.15) is 5.58 Å². The average molecular weight is 424 g/mol. The zero-order valence-corrected chi connectivity index (χ0v) is 17.3. The average Bonchev–Trinajstić information content (AvgIpc) is 2.61. The lowest BCUT2D eigenvalue weighted by Crippen LogP contribution is -2.14. The van der Waals surface area contributed by atoms with E-state index in [0.717, 1.165) is 34.9 Å². The summed E-state index contributed by atoms with van der Waals surface area (Å²) in [4.78, 5) is 28.3. The molecule has 3 rings (SSSR count). The van der Waals surface area contributed by atoms with Crippen molar-refractivity contribution in [1.29, 1.82) is 0 Å². The maximum absolute atomic E-state index is 12.6. The van der Waals surface area contributed by atoms with Gasteiger partial charge in [-0.1, -0.05) is 0 Å². The Morgan fingerprint density at radius 2 is 1.86 bits per heavy atom. The molecule has 0 bridgehead atoms. The Kier molecular flexibility index (Phi) is 8.63. The van der Waals surface area contributed by atoms with Crippen LogP contribution in [0.2, 0.25) is 0 Å². The number of fused-ring (bicyclic) bond motifs is 1. The van der Waals surface area contributed by atoms with E-state index in [1.165, 1.54) is 6.07 Å². The number of rotatable bonds is 5. The Balaban J connectivity index is 0.00000196. The third-order valence-electron chi connectivity index (χ3n) is 4.27. The van der Waals surface area contributed by atoms with Gasteiger partial charge in [-0.3, -0.25) is 9.78 Å². The standard InChI is InChI=1S/C20H21N3O3.2ClH/c1-12-7-19(24)26-18-6-13(2)17(9-16(12)18)23-20(25)15-8-14(4-3-5-21)10-22-11-15;;/h6-11H,3-5,21H2,1-2H3,(H,23,25);2*1H. The topological polar surface area (TPSA) is 98.2 Å². The number of pyridine rings is 1. The first-order valence-electron chi connectivity index (χ1n) is 8.48. The molecule has 0 unspecified atom stereocenters. The van der Waals surface area contributed by atoms with Crippen LogP contribution in [-0.4, -0.2) is 17.4 Å². The van der Waals surface area contributed by atoms with Crippen molar-refractivity contribution in [2.45, 2.75) is 26.7 Å². The van der Waals surface area contributed by atoms with Gasteiger partial charge in [-0.15, -0.1) is 24.8 Å². The molecule has 0 atom stereocenters. The summed E-state index contributed by atoms with van der Waals surface area (Å²) < 4.78 is 5.23. The highest BCUT2D eigenvalue weighted by molar-refractivity contribution is 6.05. The van der Waals surface area contributed by atoms with E-state index < -0.39 is 0 Å². The molecule has 1 amide bonds. The number of aryl methyl sites for hydroxylation is 3. The molecule has 1 aromatic carbocycles. The van der Waals surface area contributed by atoms with Crippen molar-refractivity contribution in [3.8, 4) is 0 Å². The van der Waals surface area contributed by atoms with Gasteiger partial charge in [0.05, 0.1) is 5.56 Å². The number of amides is 1. The van der Waals surface area contributed by atoms with Crippen molar-refractivity contribution >= 4 is 47.4 Å². The largest absolute Gasteiger partial charge is 0.423 e. The lowest BCUT2D eigenvalue weighted by Gasteiger charge is -2.11. The lowest BCUT2D eigenvalue weighted by atomic mass is 10.1. The second-order valence-corrected chi connectivity index (χ2v) is 6.34. The van der Waals surface area contributed by atoms with Crippen LogP contribution in [0.5, 0.6) is 0 Å². The van der Waals surface area contributed by atoms with Gasteiger partial charge in [-0.2, -0.15) is 0 Å². The fraction of sp³-hybridized carbons (Fsp3) is 0.250. The van der Waals surface area contributed by atoms with Crippen molar-refractivity contribution in [2.75, 3.05) is 11.9 Å². The Hall–Kier alpha value is -2.41. The zero-order chi connectivity index (χ0) is 18.7. The maximum Gasteiger partial charge on any atom is 0.336 e. The predicted octanol–water partition coefficient (Wildman–Crippen LogP) is 3.79. The fourth-order valence-electron chi connectivity index (χ4n) is 2.85. The number of carbonyl (C=O) groups is 1. The van der Waals surface area contributed by atoms with Gasteiger partial charge in [0.2, 0.25) is 0 Å². The highest BCUT2D eigenvalue weighted by Gasteiger charge is 2.12. The minimum atomic E-state index is -0.383. The van der Waals surface area contributed by atoms with E-state index in [0.29, 0.717) is 23.4 Å². The van der Waals surface area contributed by atoms with E-state index in [1.807, 2.05) is 26.0 Å². The van der Waals surface area contributed by atoms with Crippen LogP contribution in [0.15, 0.2) is 45.9 Å². The first-order valence-corrected chi connectivity index (χ1v) is 8.48. The zero-order valence-electron chi connectivity index (χ0n) is 15.7.